The topological polar surface area (TPSA) is 38.3 Å². The third-order valence-corrected chi connectivity index (χ3v) is 2.82. The van der Waals surface area contributed by atoms with E-state index >= 15 is 0 Å². The first kappa shape index (κ1) is 11.0. The van der Waals surface area contributed by atoms with Gasteiger partial charge in [-0.1, -0.05) is 19.9 Å². The van der Waals surface area contributed by atoms with Crippen LogP contribution in [0.5, 0.6) is 5.75 Å². The fourth-order valence-electron chi connectivity index (χ4n) is 1.93. The van der Waals surface area contributed by atoms with Crippen LogP contribution in [-0.4, -0.2) is 12.5 Å². The number of nitrogens with one attached hydrogen (secondary N) is 1. The second-order valence-electron chi connectivity index (χ2n) is 4.26. The fourth-order valence-corrected chi connectivity index (χ4v) is 1.93. The molecule has 0 saturated carbocycles. The van der Waals surface area contributed by atoms with Crippen molar-refractivity contribution in [2.24, 2.45) is 0 Å². The summed E-state index contributed by atoms with van der Waals surface area (Å²) in [5.74, 6) is 0.842. The molecule has 3 heteroatoms. The van der Waals surface area contributed by atoms with Gasteiger partial charge in [0.2, 0.25) is 0 Å². The van der Waals surface area contributed by atoms with Gasteiger partial charge >= 0.3 is 5.97 Å². The fraction of sp³-hybridized carbons (Fsp3) is 0.462. The van der Waals surface area contributed by atoms with Crippen molar-refractivity contribution in [2.75, 3.05) is 11.9 Å². The molecule has 1 heterocycles. The highest BCUT2D eigenvalue weighted by Crippen LogP contribution is 2.35. The van der Waals surface area contributed by atoms with Crippen molar-refractivity contribution in [3.05, 3.63) is 23.8 Å². The van der Waals surface area contributed by atoms with Crippen molar-refractivity contribution in [1.29, 1.82) is 0 Å². The van der Waals surface area contributed by atoms with Gasteiger partial charge in [-0.3, -0.25) is 4.79 Å². The van der Waals surface area contributed by atoms with E-state index in [1.165, 1.54) is 0 Å². The predicted molar refractivity (Wildman–Crippen MR) is 63.9 cm³/mol. The molecule has 0 radical (unpaired) electrons. The molecule has 0 bridgehead atoms. The minimum absolute atomic E-state index is 0.132. The molecule has 3 nitrogen and oxygen atoms in total. The maximum absolute atomic E-state index is 11.3. The molecule has 16 heavy (non-hydrogen) atoms. The molecule has 1 aromatic rings. The molecular formula is C13H17NO2. The Kier molecular flexibility index (Phi) is 3.13. The maximum atomic E-state index is 11.3. The van der Waals surface area contributed by atoms with Gasteiger partial charge in [-0.2, -0.15) is 0 Å². The van der Waals surface area contributed by atoms with Crippen molar-refractivity contribution in [2.45, 2.75) is 32.6 Å². The van der Waals surface area contributed by atoms with Gasteiger partial charge in [0, 0.05) is 18.3 Å². The molecule has 2 rings (SSSR count). The molecule has 0 saturated heterocycles. The average molecular weight is 219 g/mol. The van der Waals surface area contributed by atoms with Crippen LogP contribution in [0.25, 0.3) is 0 Å². The van der Waals surface area contributed by atoms with Crippen LogP contribution >= 0.6 is 0 Å². The third kappa shape index (κ3) is 2.18. The lowest BCUT2D eigenvalue weighted by Crippen LogP contribution is -2.18. The van der Waals surface area contributed by atoms with Crippen molar-refractivity contribution in [3.63, 3.8) is 0 Å². The maximum Gasteiger partial charge on any atom is 0.311 e. The first-order chi connectivity index (χ1) is 7.70. The molecule has 1 aliphatic heterocycles. The molecule has 1 aliphatic rings. The summed E-state index contributed by atoms with van der Waals surface area (Å²) < 4.78 is 5.24. The molecule has 1 atom stereocenters. The molecule has 0 aromatic heterocycles. The first-order valence-corrected chi connectivity index (χ1v) is 5.79. The number of carbonyl (C=O) groups excluding carboxylic acids is 1. The van der Waals surface area contributed by atoms with Gasteiger partial charge in [0.25, 0.3) is 0 Å². The van der Waals surface area contributed by atoms with Crippen LogP contribution in [0.15, 0.2) is 18.2 Å². The summed E-state index contributed by atoms with van der Waals surface area (Å²) in [5.41, 5.74) is 2.14. The Bertz CT molecular complexity index is 401. The van der Waals surface area contributed by atoms with Crippen LogP contribution in [0.1, 0.15) is 38.2 Å². The largest absolute Gasteiger partial charge is 0.426 e. The van der Waals surface area contributed by atoms with Crippen LogP contribution in [0, 0.1) is 0 Å². The van der Waals surface area contributed by atoms with E-state index in [1.807, 2.05) is 18.2 Å². The zero-order valence-corrected chi connectivity index (χ0v) is 9.75. The zero-order valence-electron chi connectivity index (χ0n) is 9.75. The van der Waals surface area contributed by atoms with Gasteiger partial charge in [0.15, 0.2) is 0 Å². The van der Waals surface area contributed by atoms with Gasteiger partial charge in [0.05, 0.1) is 6.42 Å². The van der Waals surface area contributed by atoms with E-state index in [0.29, 0.717) is 12.2 Å². The summed E-state index contributed by atoms with van der Waals surface area (Å²) in [4.78, 5) is 11.3. The number of benzene rings is 1. The SMILES string of the molecule is CCCNc1ccc2c(c1)OC(=O)CC2C. The van der Waals surface area contributed by atoms with E-state index in [9.17, 15) is 4.79 Å². The summed E-state index contributed by atoms with van der Waals surface area (Å²) in [6, 6.07) is 6.01. The molecule has 0 spiro atoms. The Morgan fingerprint density at radius 2 is 2.31 bits per heavy atom. The molecule has 1 N–H and O–H groups in total. The number of carbonyl (C=O) groups is 1. The van der Waals surface area contributed by atoms with E-state index in [0.717, 1.165) is 24.2 Å². The lowest BCUT2D eigenvalue weighted by molar-refractivity contribution is -0.135. The quantitative estimate of drug-likeness (QED) is 0.627. The highest BCUT2D eigenvalue weighted by Gasteiger charge is 2.23. The summed E-state index contributed by atoms with van der Waals surface area (Å²) in [6.45, 7) is 5.11. The number of ether oxygens (including phenoxy) is 1. The van der Waals surface area contributed by atoms with Crippen LogP contribution in [-0.2, 0) is 4.79 Å². The Hall–Kier alpha value is -1.51. The monoisotopic (exact) mass is 219 g/mol. The highest BCUT2D eigenvalue weighted by molar-refractivity contribution is 5.77. The Balaban J connectivity index is 2.23. The van der Waals surface area contributed by atoms with E-state index < -0.39 is 0 Å². The average Bonchev–Trinajstić information content (AvgIpc) is 2.25. The molecule has 0 aliphatic carbocycles. The Morgan fingerprint density at radius 1 is 1.50 bits per heavy atom. The number of esters is 1. The number of hydrogen-bond donors (Lipinski definition) is 1. The highest BCUT2D eigenvalue weighted by atomic mass is 16.5. The van der Waals surface area contributed by atoms with Gasteiger partial charge in [-0.05, 0) is 24.0 Å². The first-order valence-electron chi connectivity index (χ1n) is 5.79. The summed E-state index contributed by atoms with van der Waals surface area (Å²) >= 11 is 0. The standard InChI is InChI=1S/C13H17NO2/c1-3-6-14-10-4-5-11-9(2)7-13(15)16-12(11)8-10/h4-5,8-9,14H,3,6-7H2,1-2H3. The zero-order chi connectivity index (χ0) is 11.5. The molecule has 1 aromatic carbocycles. The normalized spacial score (nSPS) is 18.9. The number of anilines is 1. The van der Waals surface area contributed by atoms with E-state index in [4.69, 9.17) is 4.74 Å². The van der Waals surface area contributed by atoms with Crippen molar-refractivity contribution in [3.8, 4) is 5.75 Å². The minimum atomic E-state index is -0.132. The number of rotatable bonds is 3. The second kappa shape index (κ2) is 4.56. The third-order valence-electron chi connectivity index (χ3n) is 2.82. The minimum Gasteiger partial charge on any atom is -0.426 e. The van der Waals surface area contributed by atoms with Crippen LogP contribution in [0.2, 0.25) is 0 Å². The molecule has 86 valence electrons. The van der Waals surface area contributed by atoms with Crippen molar-refractivity contribution < 1.29 is 9.53 Å². The molecule has 0 fully saturated rings. The molecule has 0 amide bonds. The molecular weight excluding hydrogens is 202 g/mol. The van der Waals surface area contributed by atoms with E-state index in [2.05, 4.69) is 19.2 Å². The Labute approximate surface area is 95.8 Å². The lowest BCUT2D eigenvalue weighted by atomic mass is 9.94. The van der Waals surface area contributed by atoms with Gasteiger partial charge in [0.1, 0.15) is 5.75 Å². The van der Waals surface area contributed by atoms with E-state index in [-0.39, 0.29) is 11.9 Å². The van der Waals surface area contributed by atoms with Crippen LogP contribution < -0.4 is 10.1 Å². The molecule has 1 unspecified atom stereocenters. The lowest BCUT2D eigenvalue weighted by Gasteiger charge is -2.22. The number of fused-ring (bicyclic) bond motifs is 1. The second-order valence-corrected chi connectivity index (χ2v) is 4.26. The van der Waals surface area contributed by atoms with E-state index in [1.54, 1.807) is 0 Å². The number of hydrogen-bond acceptors (Lipinski definition) is 3. The summed E-state index contributed by atoms with van der Waals surface area (Å²) in [7, 11) is 0. The van der Waals surface area contributed by atoms with Gasteiger partial charge < -0.3 is 10.1 Å². The van der Waals surface area contributed by atoms with Gasteiger partial charge in [-0.25, -0.2) is 0 Å². The predicted octanol–water partition coefficient (Wildman–Crippen LogP) is 2.92. The summed E-state index contributed by atoms with van der Waals surface area (Å²) in [6.07, 6.45) is 1.56. The Morgan fingerprint density at radius 3 is 3.06 bits per heavy atom. The van der Waals surface area contributed by atoms with Crippen molar-refractivity contribution >= 4 is 11.7 Å². The van der Waals surface area contributed by atoms with Crippen LogP contribution in [0.3, 0.4) is 0 Å². The van der Waals surface area contributed by atoms with Crippen molar-refractivity contribution in [1.82, 2.24) is 0 Å². The summed E-state index contributed by atoms with van der Waals surface area (Å²) in [5, 5.41) is 3.28. The van der Waals surface area contributed by atoms with Gasteiger partial charge in [-0.15, -0.1) is 0 Å². The van der Waals surface area contributed by atoms with Crippen LogP contribution in [0.4, 0.5) is 5.69 Å². The smallest absolute Gasteiger partial charge is 0.311 e.